The molecule has 2 rings (SSSR count). The average molecular weight is 308 g/mol. The molecular weight excluding hydrogens is 294 g/mol. The minimum atomic E-state index is 0.0605. The van der Waals surface area contributed by atoms with E-state index in [1.807, 2.05) is 36.2 Å². The number of anilines is 1. The van der Waals surface area contributed by atoms with Gasteiger partial charge in [-0.3, -0.25) is 4.79 Å². The van der Waals surface area contributed by atoms with Crippen LogP contribution in [0.25, 0.3) is 0 Å². The normalized spacial score (nSPS) is 10.4. The van der Waals surface area contributed by atoms with Gasteiger partial charge in [-0.2, -0.15) is 0 Å². The second-order valence-electron chi connectivity index (χ2n) is 4.21. The van der Waals surface area contributed by atoms with E-state index >= 15 is 0 Å². The molecule has 0 saturated heterocycles. The molecule has 0 aliphatic carbocycles. The van der Waals surface area contributed by atoms with Crippen LogP contribution in [0.4, 0.5) is 5.69 Å². The van der Waals surface area contributed by atoms with Gasteiger partial charge < -0.3 is 9.32 Å². The van der Waals surface area contributed by atoms with Gasteiger partial charge in [0.15, 0.2) is 5.78 Å². The number of nitrogens with zero attached hydrogens (tertiary/aromatic N) is 1. The molecule has 0 saturated carbocycles. The molecule has 0 spiro atoms. The lowest BCUT2D eigenvalue weighted by atomic mass is 10.1. The maximum absolute atomic E-state index is 11.7. The summed E-state index contributed by atoms with van der Waals surface area (Å²) in [7, 11) is 1.96. The van der Waals surface area contributed by atoms with Gasteiger partial charge in [-0.15, -0.1) is 0 Å². The van der Waals surface area contributed by atoms with Crippen LogP contribution in [0.3, 0.4) is 0 Å². The first-order chi connectivity index (χ1) is 8.58. The van der Waals surface area contributed by atoms with E-state index < -0.39 is 0 Å². The summed E-state index contributed by atoms with van der Waals surface area (Å²) < 4.78 is 5.96. The van der Waals surface area contributed by atoms with Crippen LogP contribution >= 0.6 is 15.9 Å². The van der Waals surface area contributed by atoms with E-state index in [0.717, 1.165) is 21.3 Å². The number of hydrogen-bond donors (Lipinski definition) is 0. The van der Waals surface area contributed by atoms with Gasteiger partial charge in [-0.25, -0.2) is 0 Å². The van der Waals surface area contributed by atoms with E-state index in [0.29, 0.717) is 6.54 Å². The molecule has 0 aliphatic rings. The summed E-state index contributed by atoms with van der Waals surface area (Å²) in [4.78, 5) is 13.7. The lowest BCUT2D eigenvalue weighted by Crippen LogP contribution is -2.18. The fraction of sp³-hybridized carbons (Fsp3) is 0.214. The Kier molecular flexibility index (Phi) is 3.87. The fourth-order valence-corrected chi connectivity index (χ4v) is 2.23. The molecule has 18 heavy (non-hydrogen) atoms. The van der Waals surface area contributed by atoms with E-state index in [1.54, 1.807) is 19.5 Å². The Morgan fingerprint density at radius 3 is 2.78 bits per heavy atom. The number of carbonyl (C=O) groups excluding carboxylic acids is 1. The molecule has 4 heteroatoms. The summed E-state index contributed by atoms with van der Waals surface area (Å²) >= 11 is 3.39. The van der Waals surface area contributed by atoms with Crippen LogP contribution in [0.2, 0.25) is 0 Å². The molecule has 94 valence electrons. The number of Topliss-reactive ketones (excluding diaryl/α,β-unsaturated/α-hetero) is 1. The molecule has 1 aromatic carbocycles. The minimum absolute atomic E-state index is 0.0605. The standard InChI is InChI=1S/C14H14BrNO2/c1-10(17)13-7-12(15)3-4-14(13)16(2)8-11-5-6-18-9-11/h3-7,9H,8H2,1-2H3. The highest BCUT2D eigenvalue weighted by Gasteiger charge is 2.12. The Labute approximate surface area is 115 Å². The second kappa shape index (κ2) is 5.40. The Balaban J connectivity index is 2.29. The van der Waals surface area contributed by atoms with E-state index in [-0.39, 0.29) is 5.78 Å². The first-order valence-electron chi connectivity index (χ1n) is 5.60. The third-order valence-electron chi connectivity index (χ3n) is 2.75. The average Bonchev–Trinajstić information content (AvgIpc) is 2.81. The molecule has 1 aromatic heterocycles. The summed E-state index contributed by atoms with van der Waals surface area (Å²) in [5.41, 5.74) is 2.72. The number of rotatable bonds is 4. The highest BCUT2D eigenvalue weighted by molar-refractivity contribution is 9.10. The largest absolute Gasteiger partial charge is 0.472 e. The Bertz CT molecular complexity index is 549. The Hall–Kier alpha value is -1.55. The maximum atomic E-state index is 11.7. The number of ketones is 1. The van der Waals surface area contributed by atoms with Crippen molar-refractivity contribution in [1.82, 2.24) is 0 Å². The van der Waals surface area contributed by atoms with Crippen molar-refractivity contribution in [2.45, 2.75) is 13.5 Å². The van der Waals surface area contributed by atoms with Crippen LogP contribution < -0.4 is 4.90 Å². The first kappa shape index (κ1) is 12.9. The maximum Gasteiger partial charge on any atom is 0.161 e. The Morgan fingerprint density at radius 1 is 1.39 bits per heavy atom. The quantitative estimate of drug-likeness (QED) is 0.804. The van der Waals surface area contributed by atoms with Gasteiger partial charge in [-0.1, -0.05) is 15.9 Å². The number of halogens is 1. The molecule has 0 N–H and O–H groups in total. The summed E-state index contributed by atoms with van der Waals surface area (Å²) in [5.74, 6) is 0.0605. The van der Waals surface area contributed by atoms with Gasteiger partial charge in [0.1, 0.15) is 0 Å². The molecular formula is C14H14BrNO2. The summed E-state index contributed by atoms with van der Waals surface area (Å²) in [6.45, 7) is 2.29. The molecule has 1 heterocycles. The number of hydrogen-bond acceptors (Lipinski definition) is 3. The highest BCUT2D eigenvalue weighted by atomic mass is 79.9. The number of furan rings is 1. The predicted molar refractivity (Wildman–Crippen MR) is 75.0 cm³/mol. The minimum Gasteiger partial charge on any atom is -0.472 e. The molecule has 2 aromatic rings. The molecule has 0 radical (unpaired) electrons. The van der Waals surface area contributed by atoms with Crippen LogP contribution in [0.15, 0.2) is 45.7 Å². The van der Waals surface area contributed by atoms with Crippen LogP contribution in [0.5, 0.6) is 0 Å². The zero-order chi connectivity index (χ0) is 13.1. The molecule has 0 bridgehead atoms. The Morgan fingerprint density at radius 2 is 2.17 bits per heavy atom. The van der Waals surface area contributed by atoms with E-state index in [9.17, 15) is 4.79 Å². The van der Waals surface area contributed by atoms with Gasteiger partial charge in [0.2, 0.25) is 0 Å². The number of carbonyl (C=O) groups is 1. The monoisotopic (exact) mass is 307 g/mol. The lowest BCUT2D eigenvalue weighted by molar-refractivity contribution is 0.101. The molecule has 3 nitrogen and oxygen atoms in total. The van der Waals surface area contributed by atoms with Gasteiger partial charge in [0.25, 0.3) is 0 Å². The van der Waals surface area contributed by atoms with Crippen LogP contribution in [-0.2, 0) is 6.54 Å². The molecule has 0 amide bonds. The van der Waals surface area contributed by atoms with Crippen molar-refractivity contribution >= 4 is 27.4 Å². The zero-order valence-corrected chi connectivity index (χ0v) is 11.9. The zero-order valence-electron chi connectivity index (χ0n) is 10.3. The van der Waals surface area contributed by atoms with Crippen molar-refractivity contribution in [2.75, 3.05) is 11.9 Å². The summed E-state index contributed by atoms with van der Waals surface area (Å²) in [6, 6.07) is 7.65. The molecule has 0 unspecified atom stereocenters. The van der Waals surface area contributed by atoms with E-state index in [2.05, 4.69) is 15.9 Å². The predicted octanol–water partition coefficient (Wildman–Crippen LogP) is 3.88. The summed E-state index contributed by atoms with van der Waals surface area (Å²) in [5, 5.41) is 0. The van der Waals surface area contributed by atoms with E-state index in [4.69, 9.17) is 4.42 Å². The van der Waals surface area contributed by atoms with Crippen molar-refractivity contribution in [3.63, 3.8) is 0 Å². The van der Waals surface area contributed by atoms with Gasteiger partial charge in [-0.05, 0) is 31.2 Å². The van der Waals surface area contributed by atoms with Crippen molar-refractivity contribution in [2.24, 2.45) is 0 Å². The third kappa shape index (κ3) is 2.82. The van der Waals surface area contributed by atoms with Crippen LogP contribution in [0.1, 0.15) is 22.8 Å². The van der Waals surface area contributed by atoms with Gasteiger partial charge >= 0.3 is 0 Å². The van der Waals surface area contributed by atoms with E-state index in [1.165, 1.54) is 0 Å². The molecule has 0 fully saturated rings. The van der Waals surface area contributed by atoms with Crippen molar-refractivity contribution in [3.8, 4) is 0 Å². The lowest BCUT2D eigenvalue weighted by Gasteiger charge is -2.21. The topological polar surface area (TPSA) is 33.5 Å². The van der Waals surface area contributed by atoms with Crippen molar-refractivity contribution in [1.29, 1.82) is 0 Å². The second-order valence-corrected chi connectivity index (χ2v) is 5.12. The smallest absolute Gasteiger partial charge is 0.161 e. The van der Waals surface area contributed by atoms with Gasteiger partial charge in [0.05, 0.1) is 12.5 Å². The van der Waals surface area contributed by atoms with Crippen molar-refractivity contribution in [3.05, 3.63) is 52.4 Å². The molecule has 0 atom stereocenters. The van der Waals surface area contributed by atoms with Crippen LogP contribution in [-0.4, -0.2) is 12.8 Å². The van der Waals surface area contributed by atoms with Crippen LogP contribution in [0, 0.1) is 0 Å². The fourth-order valence-electron chi connectivity index (χ4n) is 1.86. The number of benzene rings is 1. The SMILES string of the molecule is CC(=O)c1cc(Br)ccc1N(C)Cc1ccoc1. The summed E-state index contributed by atoms with van der Waals surface area (Å²) in [6.07, 6.45) is 3.36. The first-order valence-corrected chi connectivity index (χ1v) is 6.40. The highest BCUT2D eigenvalue weighted by Crippen LogP contribution is 2.25. The molecule has 0 aliphatic heterocycles. The van der Waals surface area contributed by atoms with Crippen molar-refractivity contribution < 1.29 is 9.21 Å². The third-order valence-corrected chi connectivity index (χ3v) is 3.24. The van der Waals surface area contributed by atoms with Gasteiger partial charge in [0, 0.05) is 34.9 Å².